The molecule has 0 bridgehead atoms. The topological polar surface area (TPSA) is 49.8 Å². The molecule has 0 amide bonds. The van der Waals surface area contributed by atoms with E-state index in [0.717, 1.165) is 24.8 Å². The van der Waals surface area contributed by atoms with Crippen molar-refractivity contribution in [3.05, 3.63) is 35.9 Å². The van der Waals surface area contributed by atoms with Gasteiger partial charge in [-0.25, -0.2) is 4.79 Å². The molecular weight excluding hydrogens is 254 g/mol. The first kappa shape index (κ1) is 15.0. The number of hydrogen-bond donors (Lipinski definition) is 1. The van der Waals surface area contributed by atoms with E-state index in [-0.39, 0.29) is 18.0 Å². The van der Waals surface area contributed by atoms with Crippen LogP contribution in [-0.4, -0.2) is 42.8 Å². The van der Waals surface area contributed by atoms with Crippen LogP contribution in [0, 0.1) is 5.92 Å². The largest absolute Gasteiger partial charge is 0.468 e. The van der Waals surface area contributed by atoms with Gasteiger partial charge in [-0.05, 0) is 31.4 Å². The lowest BCUT2D eigenvalue weighted by atomic mass is 10.0. The summed E-state index contributed by atoms with van der Waals surface area (Å²) in [5, 5.41) is 9.94. The third-order valence-electron chi connectivity index (χ3n) is 4.12. The first-order chi connectivity index (χ1) is 9.63. The molecule has 1 fully saturated rings. The molecule has 1 aromatic carbocycles. The molecule has 1 aromatic rings. The maximum absolute atomic E-state index is 12.1. The average Bonchev–Trinajstić information content (AvgIpc) is 2.85. The Morgan fingerprint density at radius 1 is 1.40 bits per heavy atom. The van der Waals surface area contributed by atoms with Crippen LogP contribution < -0.4 is 0 Å². The van der Waals surface area contributed by atoms with E-state index in [1.807, 2.05) is 42.3 Å². The number of likely N-dealkylation sites (N-methyl/N-ethyl adjacent to an activating group) is 1. The van der Waals surface area contributed by atoms with Gasteiger partial charge in [0.25, 0.3) is 0 Å². The lowest BCUT2D eigenvalue weighted by Gasteiger charge is -2.29. The Hall–Kier alpha value is -1.39. The molecule has 20 heavy (non-hydrogen) atoms. The zero-order valence-electron chi connectivity index (χ0n) is 12.2. The number of ether oxygens (including phenoxy) is 1. The monoisotopic (exact) mass is 277 g/mol. The normalized spacial score (nSPS) is 23.8. The van der Waals surface area contributed by atoms with Crippen LogP contribution in [0.2, 0.25) is 0 Å². The molecule has 0 saturated heterocycles. The van der Waals surface area contributed by atoms with Gasteiger partial charge in [-0.15, -0.1) is 0 Å². The summed E-state index contributed by atoms with van der Waals surface area (Å²) in [5.41, 5.74) is 0.925. The Bertz CT molecular complexity index is 435. The van der Waals surface area contributed by atoms with Crippen LogP contribution >= 0.6 is 0 Å². The van der Waals surface area contributed by atoms with Crippen LogP contribution in [0.3, 0.4) is 0 Å². The van der Waals surface area contributed by atoms with Crippen LogP contribution in [0.4, 0.5) is 0 Å². The highest BCUT2D eigenvalue weighted by Crippen LogP contribution is 2.29. The summed E-state index contributed by atoms with van der Waals surface area (Å²) in [7, 11) is 3.33. The van der Waals surface area contributed by atoms with E-state index in [4.69, 9.17) is 4.74 Å². The Balaban J connectivity index is 2.12. The van der Waals surface area contributed by atoms with Gasteiger partial charge in [0.15, 0.2) is 0 Å². The van der Waals surface area contributed by atoms with E-state index in [0.29, 0.717) is 6.54 Å². The zero-order chi connectivity index (χ0) is 14.5. The molecule has 1 aliphatic rings. The van der Waals surface area contributed by atoms with Crippen LogP contribution in [0.25, 0.3) is 0 Å². The van der Waals surface area contributed by atoms with Crippen molar-refractivity contribution in [3.8, 4) is 0 Å². The predicted octanol–water partition coefficient (Wildman–Crippen LogP) is 1.99. The Morgan fingerprint density at radius 3 is 2.65 bits per heavy atom. The molecule has 3 atom stereocenters. The van der Waals surface area contributed by atoms with Crippen molar-refractivity contribution >= 4 is 5.97 Å². The predicted molar refractivity (Wildman–Crippen MR) is 77.2 cm³/mol. The smallest absolute Gasteiger partial charge is 0.327 e. The molecular formula is C16H23NO3. The van der Waals surface area contributed by atoms with E-state index in [1.165, 1.54) is 7.11 Å². The van der Waals surface area contributed by atoms with Crippen molar-refractivity contribution in [1.29, 1.82) is 0 Å². The molecule has 0 aliphatic heterocycles. The van der Waals surface area contributed by atoms with Gasteiger partial charge in [0.2, 0.25) is 0 Å². The Kier molecular flexibility index (Phi) is 5.15. The summed E-state index contributed by atoms with van der Waals surface area (Å²) >= 11 is 0. The molecule has 0 heterocycles. The summed E-state index contributed by atoms with van der Waals surface area (Å²) < 4.78 is 4.94. The number of carbonyl (C=O) groups excluding carboxylic acids is 1. The second-order valence-corrected chi connectivity index (χ2v) is 5.53. The minimum Gasteiger partial charge on any atom is -0.468 e. The molecule has 0 radical (unpaired) electrons. The van der Waals surface area contributed by atoms with Gasteiger partial charge in [0, 0.05) is 6.54 Å². The van der Waals surface area contributed by atoms with Crippen LogP contribution in [0.15, 0.2) is 30.3 Å². The Morgan fingerprint density at radius 2 is 2.10 bits per heavy atom. The molecule has 0 spiro atoms. The summed E-state index contributed by atoms with van der Waals surface area (Å²) in [6, 6.07) is 9.23. The highest BCUT2D eigenvalue weighted by atomic mass is 16.5. The fraction of sp³-hybridized carbons (Fsp3) is 0.562. The van der Waals surface area contributed by atoms with Crippen molar-refractivity contribution in [1.82, 2.24) is 4.90 Å². The van der Waals surface area contributed by atoms with Crippen LogP contribution in [-0.2, 0) is 9.53 Å². The van der Waals surface area contributed by atoms with E-state index < -0.39 is 6.04 Å². The summed E-state index contributed by atoms with van der Waals surface area (Å²) in [4.78, 5) is 14.1. The number of rotatable bonds is 5. The molecule has 0 aromatic heterocycles. The van der Waals surface area contributed by atoms with E-state index >= 15 is 0 Å². The first-order valence-corrected chi connectivity index (χ1v) is 7.14. The SMILES string of the molecule is COC(=O)C(c1ccccc1)N(C)CC1CCCC1O. The number of carbonyl (C=O) groups is 1. The van der Waals surface area contributed by atoms with Crippen molar-refractivity contribution in [3.63, 3.8) is 0 Å². The first-order valence-electron chi connectivity index (χ1n) is 7.14. The number of aliphatic hydroxyl groups excluding tert-OH is 1. The maximum Gasteiger partial charge on any atom is 0.327 e. The van der Waals surface area contributed by atoms with Crippen molar-refractivity contribution < 1.29 is 14.6 Å². The fourth-order valence-corrected chi connectivity index (χ4v) is 3.02. The van der Waals surface area contributed by atoms with Gasteiger partial charge < -0.3 is 9.84 Å². The van der Waals surface area contributed by atoms with Crippen molar-refractivity contribution in [2.45, 2.75) is 31.4 Å². The minimum atomic E-state index is -0.408. The standard InChI is InChI=1S/C16H23NO3/c1-17(11-13-9-6-10-14(13)18)15(16(19)20-2)12-7-4-3-5-8-12/h3-5,7-8,13-15,18H,6,9-11H2,1-2H3. The number of nitrogens with zero attached hydrogens (tertiary/aromatic N) is 1. The molecule has 4 nitrogen and oxygen atoms in total. The number of aliphatic hydroxyl groups is 1. The van der Waals surface area contributed by atoms with E-state index in [1.54, 1.807) is 0 Å². The molecule has 1 saturated carbocycles. The summed E-state index contributed by atoms with van der Waals surface area (Å²) in [6.07, 6.45) is 2.71. The van der Waals surface area contributed by atoms with Gasteiger partial charge in [-0.3, -0.25) is 4.90 Å². The van der Waals surface area contributed by atoms with Gasteiger partial charge >= 0.3 is 5.97 Å². The molecule has 110 valence electrons. The number of benzene rings is 1. The molecule has 1 aliphatic carbocycles. The van der Waals surface area contributed by atoms with Gasteiger partial charge in [0.05, 0.1) is 13.2 Å². The van der Waals surface area contributed by atoms with Crippen molar-refractivity contribution in [2.24, 2.45) is 5.92 Å². The van der Waals surface area contributed by atoms with Crippen LogP contribution in [0.1, 0.15) is 30.9 Å². The molecule has 1 N–H and O–H groups in total. The highest BCUT2D eigenvalue weighted by molar-refractivity contribution is 5.77. The average molecular weight is 277 g/mol. The van der Waals surface area contributed by atoms with E-state index in [2.05, 4.69) is 0 Å². The fourth-order valence-electron chi connectivity index (χ4n) is 3.02. The Labute approximate surface area is 120 Å². The summed E-state index contributed by atoms with van der Waals surface area (Å²) in [6.45, 7) is 0.704. The number of esters is 1. The zero-order valence-corrected chi connectivity index (χ0v) is 12.2. The number of methoxy groups -OCH3 is 1. The second kappa shape index (κ2) is 6.86. The van der Waals surface area contributed by atoms with Gasteiger partial charge in [0.1, 0.15) is 6.04 Å². The van der Waals surface area contributed by atoms with Crippen LogP contribution in [0.5, 0.6) is 0 Å². The van der Waals surface area contributed by atoms with Gasteiger partial charge in [-0.1, -0.05) is 36.8 Å². The third-order valence-corrected chi connectivity index (χ3v) is 4.12. The lowest BCUT2D eigenvalue weighted by Crippen LogP contribution is -2.37. The quantitative estimate of drug-likeness (QED) is 0.836. The highest BCUT2D eigenvalue weighted by Gasteiger charge is 2.31. The third kappa shape index (κ3) is 3.38. The maximum atomic E-state index is 12.1. The van der Waals surface area contributed by atoms with Crippen molar-refractivity contribution in [2.75, 3.05) is 20.7 Å². The molecule has 2 rings (SSSR count). The van der Waals surface area contributed by atoms with E-state index in [9.17, 15) is 9.90 Å². The number of hydrogen-bond acceptors (Lipinski definition) is 4. The minimum absolute atomic E-state index is 0.244. The lowest BCUT2D eigenvalue weighted by molar-refractivity contribution is -0.147. The molecule has 3 unspecified atom stereocenters. The molecule has 4 heteroatoms. The summed E-state index contributed by atoms with van der Waals surface area (Å²) in [5.74, 6) is -0.0120. The second-order valence-electron chi connectivity index (χ2n) is 5.53. The van der Waals surface area contributed by atoms with Gasteiger partial charge in [-0.2, -0.15) is 0 Å².